The number of carbonyl (C=O) groups excluding carboxylic acids is 1. The van der Waals surface area contributed by atoms with Gasteiger partial charge in [0.2, 0.25) is 0 Å². The van der Waals surface area contributed by atoms with Crippen LogP contribution in [0.5, 0.6) is 0 Å². The van der Waals surface area contributed by atoms with Gasteiger partial charge in [0.15, 0.2) is 0 Å². The molecule has 0 spiro atoms. The third-order valence-electron chi connectivity index (χ3n) is 1.76. The molecule has 1 rings (SSSR count). The second kappa shape index (κ2) is 3.57. The van der Waals surface area contributed by atoms with E-state index in [1.54, 1.807) is 13.8 Å². The van der Waals surface area contributed by atoms with E-state index < -0.39 is 12.0 Å². The molecule has 3 N–H and O–H groups in total. The van der Waals surface area contributed by atoms with Crippen molar-refractivity contribution in [3.8, 4) is 0 Å². The first kappa shape index (κ1) is 9.73. The van der Waals surface area contributed by atoms with Crippen LogP contribution < -0.4 is 5.32 Å². The molecule has 0 fully saturated rings. The lowest BCUT2D eigenvalue weighted by Crippen LogP contribution is -2.24. The topological polar surface area (TPSA) is 78.0 Å². The van der Waals surface area contributed by atoms with Crippen molar-refractivity contribution in [2.45, 2.75) is 26.9 Å². The number of anilines is 1. The van der Waals surface area contributed by atoms with Crippen molar-refractivity contribution in [1.29, 1.82) is 0 Å². The minimum Gasteiger partial charge on any atom is -0.384 e. The van der Waals surface area contributed by atoms with Crippen LogP contribution in [0.15, 0.2) is 0 Å². The van der Waals surface area contributed by atoms with Crippen LogP contribution in [0.4, 0.5) is 5.69 Å². The van der Waals surface area contributed by atoms with Gasteiger partial charge in [0.05, 0.1) is 17.1 Å². The Kier molecular flexibility index (Phi) is 2.67. The Hall–Kier alpha value is -1.36. The Bertz CT molecular complexity index is 298. The molecule has 1 aromatic rings. The molecule has 1 heterocycles. The maximum atomic E-state index is 11.1. The first-order valence-corrected chi connectivity index (χ1v) is 4.03. The van der Waals surface area contributed by atoms with Crippen LogP contribution in [0.2, 0.25) is 0 Å². The molecule has 5 nitrogen and oxygen atoms in total. The first-order chi connectivity index (χ1) is 6.02. The number of aliphatic hydroxyl groups excluding tert-OH is 1. The number of H-pyrrole nitrogens is 1. The van der Waals surface area contributed by atoms with Crippen LogP contribution in [0.25, 0.3) is 0 Å². The van der Waals surface area contributed by atoms with E-state index in [-0.39, 0.29) is 0 Å². The van der Waals surface area contributed by atoms with E-state index in [1.807, 2.05) is 0 Å². The van der Waals surface area contributed by atoms with Gasteiger partial charge in [-0.1, -0.05) is 0 Å². The minimum absolute atomic E-state index is 0.424. The van der Waals surface area contributed by atoms with Gasteiger partial charge in [-0.2, -0.15) is 5.10 Å². The molecule has 1 aromatic heterocycles. The smallest absolute Gasteiger partial charge is 0.253 e. The van der Waals surface area contributed by atoms with Gasteiger partial charge in [-0.3, -0.25) is 9.89 Å². The van der Waals surface area contributed by atoms with Gasteiger partial charge in [0.1, 0.15) is 6.10 Å². The Labute approximate surface area is 76.2 Å². The zero-order valence-electron chi connectivity index (χ0n) is 7.88. The monoisotopic (exact) mass is 183 g/mol. The SMILES string of the molecule is Cc1n[nH]c(C)c1NC(=O)[C@H](C)O. The average Bonchev–Trinajstić information content (AvgIpc) is 2.35. The summed E-state index contributed by atoms with van der Waals surface area (Å²) in [5, 5.41) is 18.2. The zero-order chi connectivity index (χ0) is 10.0. The van der Waals surface area contributed by atoms with Gasteiger partial charge in [-0.15, -0.1) is 0 Å². The highest BCUT2D eigenvalue weighted by atomic mass is 16.3. The number of nitrogens with zero attached hydrogens (tertiary/aromatic N) is 1. The van der Waals surface area contributed by atoms with E-state index in [4.69, 9.17) is 5.11 Å². The minimum atomic E-state index is -1.01. The average molecular weight is 183 g/mol. The van der Waals surface area contributed by atoms with Gasteiger partial charge in [0.25, 0.3) is 5.91 Å². The fraction of sp³-hybridized carbons (Fsp3) is 0.500. The quantitative estimate of drug-likeness (QED) is 0.619. The molecule has 5 heteroatoms. The molecule has 1 amide bonds. The van der Waals surface area contributed by atoms with Crippen LogP contribution >= 0.6 is 0 Å². The molecule has 0 aliphatic carbocycles. The van der Waals surface area contributed by atoms with Gasteiger partial charge in [-0.25, -0.2) is 0 Å². The van der Waals surface area contributed by atoms with Crippen molar-refractivity contribution in [2.24, 2.45) is 0 Å². The molecule has 0 radical (unpaired) electrons. The second-order valence-electron chi connectivity index (χ2n) is 2.97. The number of nitrogens with one attached hydrogen (secondary N) is 2. The number of rotatable bonds is 2. The Morgan fingerprint density at radius 2 is 2.23 bits per heavy atom. The lowest BCUT2D eigenvalue weighted by Gasteiger charge is -2.06. The molecule has 72 valence electrons. The molecule has 1 atom stereocenters. The van der Waals surface area contributed by atoms with Crippen LogP contribution in [0.3, 0.4) is 0 Å². The Balaban J connectivity index is 2.79. The third kappa shape index (κ3) is 2.06. The van der Waals surface area contributed by atoms with Crippen LogP contribution in [-0.2, 0) is 4.79 Å². The fourth-order valence-corrected chi connectivity index (χ4v) is 0.963. The van der Waals surface area contributed by atoms with E-state index in [9.17, 15) is 4.79 Å². The summed E-state index contributed by atoms with van der Waals surface area (Å²) in [6.45, 7) is 5.00. The molecule has 0 saturated heterocycles. The van der Waals surface area contributed by atoms with Crippen molar-refractivity contribution in [3.05, 3.63) is 11.4 Å². The predicted molar refractivity (Wildman–Crippen MR) is 48.4 cm³/mol. The van der Waals surface area contributed by atoms with E-state index >= 15 is 0 Å². The van der Waals surface area contributed by atoms with Gasteiger partial charge >= 0.3 is 0 Å². The second-order valence-corrected chi connectivity index (χ2v) is 2.97. The summed E-state index contributed by atoms with van der Waals surface area (Å²) in [5.41, 5.74) is 2.14. The number of aromatic nitrogens is 2. The number of aromatic amines is 1. The highest BCUT2D eigenvalue weighted by Crippen LogP contribution is 2.15. The molecule has 0 unspecified atom stereocenters. The van der Waals surface area contributed by atoms with Gasteiger partial charge in [0, 0.05) is 0 Å². The number of hydrogen-bond acceptors (Lipinski definition) is 3. The summed E-state index contributed by atoms with van der Waals surface area (Å²) in [7, 11) is 0. The summed E-state index contributed by atoms with van der Waals surface area (Å²) >= 11 is 0. The normalized spacial score (nSPS) is 12.6. The van der Waals surface area contributed by atoms with Gasteiger partial charge in [-0.05, 0) is 20.8 Å². The molecule has 0 aliphatic heterocycles. The predicted octanol–water partition coefficient (Wildman–Crippen LogP) is 0.346. The number of hydrogen-bond donors (Lipinski definition) is 3. The van der Waals surface area contributed by atoms with Crippen molar-refractivity contribution in [3.63, 3.8) is 0 Å². The van der Waals surface area contributed by atoms with E-state index in [0.29, 0.717) is 11.4 Å². The zero-order valence-corrected chi connectivity index (χ0v) is 7.88. The lowest BCUT2D eigenvalue weighted by atomic mass is 10.3. The summed E-state index contributed by atoms with van der Waals surface area (Å²) in [5.74, 6) is -0.424. The lowest BCUT2D eigenvalue weighted by molar-refractivity contribution is -0.123. The third-order valence-corrected chi connectivity index (χ3v) is 1.76. The van der Waals surface area contributed by atoms with E-state index in [1.165, 1.54) is 6.92 Å². The highest BCUT2D eigenvalue weighted by molar-refractivity contribution is 5.94. The molecule has 13 heavy (non-hydrogen) atoms. The number of carbonyl (C=O) groups is 1. The molecule has 0 aliphatic rings. The molecule has 0 saturated carbocycles. The van der Waals surface area contributed by atoms with Crippen molar-refractivity contribution < 1.29 is 9.90 Å². The Morgan fingerprint density at radius 3 is 2.62 bits per heavy atom. The van der Waals surface area contributed by atoms with E-state index in [0.717, 1.165) is 5.69 Å². The van der Waals surface area contributed by atoms with Crippen LogP contribution in [-0.4, -0.2) is 27.3 Å². The summed E-state index contributed by atoms with van der Waals surface area (Å²) < 4.78 is 0. The standard InChI is InChI=1S/C8H13N3O2/c1-4-7(5(2)11-10-4)9-8(13)6(3)12/h6,12H,1-3H3,(H,9,13)(H,10,11)/t6-/m0/s1. The maximum absolute atomic E-state index is 11.1. The van der Waals surface area contributed by atoms with Crippen LogP contribution in [0, 0.1) is 13.8 Å². The number of aryl methyl sites for hydroxylation is 2. The maximum Gasteiger partial charge on any atom is 0.253 e. The van der Waals surface area contributed by atoms with Crippen molar-refractivity contribution in [1.82, 2.24) is 10.2 Å². The summed E-state index contributed by atoms with van der Waals surface area (Å²) in [4.78, 5) is 11.1. The summed E-state index contributed by atoms with van der Waals surface area (Å²) in [6, 6.07) is 0. The number of aliphatic hydroxyl groups is 1. The largest absolute Gasteiger partial charge is 0.384 e. The molecule has 0 aromatic carbocycles. The molecular weight excluding hydrogens is 170 g/mol. The highest BCUT2D eigenvalue weighted by Gasteiger charge is 2.13. The first-order valence-electron chi connectivity index (χ1n) is 4.03. The fourth-order valence-electron chi connectivity index (χ4n) is 0.963. The Morgan fingerprint density at radius 1 is 1.62 bits per heavy atom. The van der Waals surface area contributed by atoms with Crippen molar-refractivity contribution in [2.75, 3.05) is 5.32 Å². The summed E-state index contributed by atoms with van der Waals surface area (Å²) in [6.07, 6.45) is -1.01. The van der Waals surface area contributed by atoms with Crippen molar-refractivity contribution >= 4 is 11.6 Å². The number of amides is 1. The van der Waals surface area contributed by atoms with E-state index in [2.05, 4.69) is 15.5 Å². The molecule has 0 bridgehead atoms. The van der Waals surface area contributed by atoms with Gasteiger partial charge < -0.3 is 10.4 Å². The molecular formula is C8H13N3O2. The van der Waals surface area contributed by atoms with Crippen LogP contribution in [0.1, 0.15) is 18.3 Å².